The summed E-state index contributed by atoms with van der Waals surface area (Å²) < 4.78 is 11.2. The van der Waals surface area contributed by atoms with Crippen molar-refractivity contribution in [3.05, 3.63) is 64.3 Å². The van der Waals surface area contributed by atoms with Crippen molar-refractivity contribution in [1.29, 1.82) is 0 Å². The SMILES string of the molecule is COc1ccc([C@H]2c3[nH]c4ccc(Cl)cc4c3CCN2C(O)OCC2CC2)cc1. The van der Waals surface area contributed by atoms with Gasteiger partial charge in [0.25, 0.3) is 0 Å². The first-order chi connectivity index (χ1) is 14.1. The van der Waals surface area contributed by atoms with Gasteiger partial charge in [-0.2, -0.15) is 0 Å². The average molecular weight is 413 g/mol. The highest BCUT2D eigenvalue weighted by atomic mass is 35.5. The number of halogens is 1. The van der Waals surface area contributed by atoms with Crippen LogP contribution in [0.3, 0.4) is 0 Å². The molecule has 3 aromatic rings. The third-order valence-electron chi connectivity index (χ3n) is 6.02. The second-order valence-electron chi connectivity index (χ2n) is 7.97. The maximum absolute atomic E-state index is 10.9. The lowest BCUT2D eigenvalue weighted by Gasteiger charge is -2.38. The van der Waals surface area contributed by atoms with E-state index in [0.717, 1.165) is 39.4 Å². The zero-order chi connectivity index (χ0) is 20.0. The largest absolute Gasteiger partial charge is 0.497 e. The van der Waals surface area contributed by atoms with Gasteiger partial charge < -0.3 is 19.6 Å². The van der Waals surface area contributed by atoms with Crippen molar-refractivity contribution < 1.29 is 14.6 Å². The molecule has 1 unspecified atom stereocenters. The molecule has 0 saturated heterocycles. The number of aromatic amines is 1. The third-order valence-corrected chi connectivity index (χ3v) is 6.25. The Morgan fingerprint density at radius 3 is 2.72 bits per heavy atom. The number of fused-ring (bicyclic) bond motifs is 3. The molecule has 5 rings (SSSR count). The van der Waals surface area contributed by atoms with Crippen molar-refractivity contribution >= 4 is 22.5 Å². The second kappa shape index (κ2) is 7.65. The van der Waals surface area contributed by atoms with Gasteiger partial charge in [-0.25, -0.2) is 4.90 Å². The first-order valence-electron chi connectivity index (χ1n) is 10.1. The summed E-state index contributed by atoms with van der Waals surface area (Å²) >= 11 is 6.26. The quantitative estimate of drug-likeness (QED) is 0.586. The standard InChI is InChI=1S/C23H25ClN2O3/c1-28-17-7-4-15(5-8-17)22-21-18(19-12-16(24)6-9-20(19)25-21)10-11-26(22)23(27)29-13-14-2-3-14/h4-9,12,14,22-23,25,27H,2-3,10-11,13H2,1H3/t22-,23?/m0/s1. The molecule has 1 aliphatic heterocycles. The van der Waals surface area contributed by atoms with Gasteiger partial charge in [0.15, 0.2) is 0 Å². The monoisotopic (exact) mass is 412 g/mol. The van der Waals surface area contributed by atoms with E-state index in [-0.39, 0.29) is 6.04 Å². The topological polar surface area (TPSA) is 57.7 Å². The van der Waals surface area contributed by atoms with E-state index in [1.165, 1.54) is 18.4 Å². The highest BCUT2D eigenvalue weighted by Gasteiger charge is 2.36. The lowest BCUT2D eigenvalue weighted by Crippen LogP contribution is -2.44. The van der Waals surface area contributed by atoms with Crippen LogP contribution in [0.4, 0.5) is 0 Å². The highest BCUT2D eigenvalue weighted by Crippen LogP contribution is 2.40. The van der Waals surface area contributed by atoms with E-state index >= 15 is 0 Å². The van der Waals surface area contributed by atoms with Gasteiger partial charge in [0.1, 0.15) is 5.75 Å². The lowest BCUT2D eigenvalue weighted by molar-refractivity contribution is -0.206. The van der Waals surface area contributed by atoms with E-state index < -0.39 is 6.41 Å². The van der Waals surface area contributed by atoms with Crippen molar-refractivity contribution in [3.63, 3.8) is 0 Å². The van der Waals surface area contributed by atoms with E-state index in [9.17, 15) is 5.11 Å². The number of aliphatic hydroxyl groups is 1. The Labute approximate surface area is 175 Å². The molecule has 1 fully saturated rings. The molecular formula is C23H25ClN2O3. The summed E-state index contributed by atoms with van der Waals surface area (Å²) in [7, 11) is 1.66. The predicted octanol–water partition coefficient (Wildman–Crippen LogP) is 4.48. The number of ether oxygens (including phenoxy) is 2. The van der Waals surface area contributed by atoms with E-state index in [0.29, 0.717) is 19.1 Å². The molecule has 29 heavy (non-hydrogen) atoms. The average Bonchev–Trinajstić information content (AvgIpc) is 3.51. The van der Waals surface area contributed by atoms with Gasteiger partial charge in [-0.1, -0.05) is 23.7 Å². The molecule has 2 N–H and O–H groups in total. The van der Waals surface area contributed by atoms with E-state index in [2.05, 4.69) is 17.1 Å². The van der Waals surface area contributed by atoms with Crippen molar-refractivity contribution in [2.24, 2.45) is 5.92 Å². The van der Waals surface area contributed by atoms with Crippen LogP contribution < -0.4 is 4.74 Å². The highest BCUT2D eigenvalue weighted by molar-refractivity contribution is 6.31. The van der Waals surface area contributed by atoms with Gasteiger partial charge in [0.2, 0.25) is 6.41 Å². The van der Waals surface area contributed by atoms with Gasteiger partial charge in [-0.05, 0) is 66.6 Å². The molecule has 0 bridgehead atoms. The van der Waals surface area contributed by atoms with Crippen LogP contribution in [0.5, 0.6) is 5.75 Å². The van der Waals surface area contributed by atoms with Crippen molar-refractivity contribution in [2.75, 3.05) is 20.3 Å². The first kappa shape index (κ1) is 18.9. The van der Waals surface area contributed by atoms with Crippen LogP contribution in [-0.4, -0.2) is 41.7 Å². The zero-order valence-corrected chi connectivity index (χ0v) is 17.2. The first-order valence-corrected chi connectivity index (χ1v) is 10.5. The molecule has 2 aliphatic rings. The molecule has 0 radical (unpaired) electrons. The van der Waals surface area contributed by atoms with Crippen LogP contribution >= 0.6 is 11.6 Å². The fourth-order valence-corrected chi connectivity index (χ4v) is 4.44. The summed E-state index contributed by atoms with van der Waals surface area (Å²) in [4.78, 5) is 5.62. The summed E-state index contributed by atoms with van der Waals surface area (Å²) in [5, 5.41) is 12.8. The van der Waals surface area contributed by atoms with Crippen molar-refractivity contribution in [3.8, 4) is 5.75 Å². The number of methoxy groups -OCH3 is 1. The Bertz CT molecular complexity index is 1010. The summed E-state index contributed by atoms with van der Waals surface area (Å²) in [6, 6.07) is 13.8. The van der Waals surface area contributed by atoms with E-state index in [4.69, 9.17) is 21.1 Å². The Morgan fingerprint density at radius 2 is 2.00 bits per heavy atom. The van der Waals surface area contributed by atoms with Crippen LogP contribution in [0.2, 0.25) is 5.02 Å². The van der Waals surface area contributed by atoms with Crippen LogP contribution in [0, 0.1) is 5.92 Å². The predicted molar refractivity (Wildman–Crippen MR) is 113 cm³/mol. The number of nitrogens with one attached hydrogen (secondary N) is 1. The number of hydrogen-bond acceptors (Lipinski definition) is 4. The molecule has 152 valence electrons. The Kier molecular flexibility index (Phi) is 5.00. The van der Waals surface area contributed by atoms with E-state index in [1.807, 2.05) is 35.2 Å². The number of aliphatic hydroxyl groups excluding tert-OH is 1. The molecule has 2 aromatic carbocycles. The zero-order valence-electron chi connectivity index (χ0n) is 16.4. The number of nitrogens with zero attached hydrogens (tertiary/aromatic N) is 1. The summed E-state index contributed by atoms with van der Waals surface area (Å²) in [5.41, 5.74) is 4.49. The maximum atomic E-state index is 10.9. The Hall–Kier alpha value is -2.05. The molecule has 0 amide bonds. The third kappa shape index (κ3) is 3.64. The van der Waals surface area contributed by atoms with Crippen LogP contribution in [0.25, 0.3) is 10.9 Å². The molecule has 0 spiro atoms. The summed E-state index contributed by atoms with van der Waals surface area (Å²) in [5.74, 6) is 1.41. The lowest BCUT2D eigenvalue weighted by atomic mass is 9.92. The number of aromatic nitrogens is 1. The Balaban J connectivity index is 1.56. The number of hydrogen-bond donors (Lipinski definition) is 2. The molecular weight excluding hydrogens is 388 g/mol. The molecule has 1 aliphatic carbocycles. The van der Waals surface area contributed by atoms with Gasteiger partial charge in [0.05, 0.1) is 19.8 Å². The molecule has 1 aromatic heterocycles. The minimum atomic E-state index is -0.939. The summed E-state index contributed by atoms with van der Waals surface area (Å²) in [6.07, 6.45) is 2.28. The Morgan fingerprint density at radius 1 is 1.21 bits per heavy atom. The number of H-pyrrole nitrogens is 1. The van der Waals surface area contributed by atoms with Crippen LogP contribution in [0.15, 0.2) is 42.5 Å². The van der Waals surface area contributed by atoms with Crippen molar-refractivity contribution in [2.45, 2.75) is 31.7 Å². The molecule has 2 heterocycles. The fourth-order valence-electron chi connectivity index (χ4n) is 4.26. The van der Waals surface area contributed by atoms with Gasteiger partial charge in [-0.15, -0.1) is 0 Å². The van der Waals surface area contributed by atoms with Crippen LogP contribution in [0.1, 0.15) is 35.7 Å². The normalized spacial score (nSPS) is 20.6. The summed E-state index contributed by atoms with van der Waals surface area (Å²) in [6.45, 7) is 1.32. The molecule has 1 saturated carbocycles. The smallest absolute Gasteiger partial charge is 0.216 e. The van der Waals surface area contributed by atoms with Gasteiger partial charge in [-0.3, -0.25) is 0 Å². The number of benzene rings is 2. The minimum absolute atomic E-state index is 0.134. The molecule has 5 nitrogen and oxygen atoms in total. The second-order valence-corrected chi connectivity index (χ2v) is 8.41. The molecule has 2 atom stereocenters. The number of rotatable bonds is 6. The molecule has 6 heteroatoms. The maximum Gasteiger partial charge on any atom is 0.216 e. The van der Waals surface area contributed by atoms with E-state index in [1.54, 1.807) is 7.11 Å². The van der Waals surface area contributed by atoms with Gasteiger partial charge >= 0.3 is 0 Å². The van der Waals surface area contributed by atoms with Gasteiger partial charge in [0, 0.05) is 28.2 Å². The minimum Gasteiger partial charge on any atom is -0.497 e. The fraction of sp³-hybridized carbons (Fsp3) is 0.391. The van der Waals surface area contributed by atoms with Crippen molar-refractivity contribution in [1.82, 2.24) is 9.88 Å². The van der Waals surface area contributed by atoms with Crippen LogP contribution in [-0.2, 0) is 11.2 Å².